The second-order valence-corrected chi connectivity index (χ2v) is 6.31. The number of hydrogen-bond donors (Lipinski definition) is 8. The minimum Gasteiger partial charge on any atom is -0.494 e. The minimum absolute atomic E-state index is 0.122. The molecule has 0 aliphatic rings. The number of hydrogen-bond acceptors (Lipinski definition) is 9. The molecule has 9 N–H and O–H groups in total. The molecule has 27 heavy (non-hydrogen) atoms. The Balaban J connectivity index is 2.20. The molecule has 150 valence electrons. The molecule has 0 aliphatic heterocycles. The van der Waals surface area contributed by atoms with E-state index in [1.807, 2.05) is 0 Å². The molecule has 0 amide bonds. The second-order valence-electron chi connectivity index (χ2n) is 6.31. The molecule has 1 heterocycles. The number of nitrogens with zero attached hydrogens (tertiary/aromatic N) is 2. The Bertz CT molecular complexity index is 747. The van der Waals surface area contributed by atoms with Gasteiger partial charge in [0.15, 0.2) is 11.8 Å². The van der Waals surface area contributed by atoms with Crippen LogP contribution in [-0.2, 0) is 0 Å². The van der Waals surface area contributed by atoms with E-state index in [1.165, 1.54) is 12.1 Å². The topological polar surface area (TPSA) is 176 Å². The van der Waals surface area contributed by atoms with Gasteiger partial charge in [-0.1, -0.05) is 0 Å². The summed E-state index contributed by atoms with van der Waals surface area (Å²) in [7, 11) is 1.61. The molecule has 0 aliphatic carbocycles. The number of benzene rings is 1. The summed E-state index contributed by atoms with van der Waals surface area (Å²) in [6.07, 6.45) is -6.40. The fourth-order valence-electron chi connectivity index (χ4n) is 2.68. The number of nitrogens with two attached hydrogens (primary N) is 1. The van der Waals surface area contributed by atoms with Crippen molar-refractivity contribution in [3.05, 3.63) is 30.3 Å². The molecule has 0 fully saturated rings. The Morgan fingerprint density at radius 2 is 1.52 bits per heavy atom. The van der Waals surface area contributed by atoms with Crippen LogP contribution in [0, 0.1) is 0 Å². The second kappa shape index (κ2) is 8.46. The summed E-state index contributed by atoms with van der Waals surface area (Å²) in [6.45, 7) is -0.880. The van der Waals surface area contributed by atoms with Gasteiger partial charge < -0.3 is 46.4 Å². The van der Waals surface area contributed by atoms with E-state index in [1.54, 1.807) is 30.1 Å². The molecular formula is C17H25N3O7. The van der Waals surface area contributed by atoms with Gasteiger partial charge in [0.05, 0.1) is 24.1 Å². The maximum absolute atomic E-state index is 10.1. The Labute approximate surface area is 155 Å². The third kappa shape index (κ3) is 4.43. The first-order valence-electron chi connectivity index (χ1n) is 8.21. The highest BCUT2D eigenvalue weighted by molar-refractivity contribution is 5.67. The van der Waals surface area contributed by atoms with Gasteiger partial charge in [-0.2, -0.15) is 0 Å². The first-order chi connectivity index (χ1) is 12.7. The molecule has 0 bridgehead atoms. The third-order valence-electron chi connectivity index (χ3n) is 4.32. The number of nitrogen functional groups attached to an aromatic ring is 1. The molecule has 1 aromatic heterocycles. The fourth-order valence-corrected chi connectivity index (χ4v) is 2.68. The lowest BCUT2D eigenvalue weighted by atomic mass is 10.0. The monoisotopic (exact) mass is 383 g/mol. The molecule has 0 radical (unpaired) electrons. The van der Waals surface area contributed by atoms with Crippen LogP contribution in [0.2, 0.25) is 0 Å². The molecule has 0 saturated heterocycles. The van der Waals surface area contributed by atoms with Gasteiger partial charge in [0, 0.05) is 31.4 Å². The summed E-state index contributed by atoms with van der Waals surface area (Å²) < 4.78 is 1.14. The van der Waals surface area contributed by atoms with Crippen LogP contribution in [0.5, 0.6) is 11.8 Å². The Morgan fingerprint density at radius 3 is 2.07 bits per heavy atom. The van der Waals surface area contributed by atoms with E-state index in [0.29, 0.717) is 11.4 Å². The number of likely N-dealkylation sites (N-methyl/N-ethyl adjacent to an activating group) is 1. The van der Waals surface area contributed by atoms with Crippen LogP contribution in [0.25, 0.3) is 5.69 Å². The van der Waals surface area contributed by atoms with E-state index in [4.69, 9.17) is 10.8 Å². The molecule has 4 atom stereocenters. The van der Waals surface area contributed by atoms with Crippen molar-refractivity contribution in [2.24, 2.45) is 0 Å². The summed E-state index contributed by atoms with van der Waals surface area (Å²) in [5, 5.41) is 67.7. The van der Waals surface area contributed by atoms with Crippen molar-refractivity contribution >= 4 is 11.4 Å². The highest BCUT2D eigenvalue weighted by atomic mass is 16.4. The van der Waals surface area contributed by atoms with Crippen LogP contribution in [-0.4, -0.2) is 84.9 Å². The van der Waals surface area contributed by atoms with Crippen molar-refractivity contribution in [2.45, 2.75) is 24.4 Å². The number of aromatic hydroxyl groups is 2. The van der Waals surface area contributed by atoms with E-state index in [0.717, 1.165) is 4.57 Å². The van der Waals surface area contributed by atoms with E-state index in [2.05, 4.69) is 0 Å². The highest BCUT2D eigenvalue weighted by Crippen LogP contribution is 2.32. The Morgan fingerprint density at radius 1 is 0.963 bits per heavy atom. The fraction of sp³-hybridized carbons (Fsp3) is 0.412. The quantitative estimate of drug-likeness (QED) is 0.248. The largest absolute Gasteiger partial charge is 0.494 e. The van der Waals surface area contributed by atoms with Gasteiger partial charge in [-0.15, -0.1) is 0 Å². The summed E-state index contributed by atoms with van der Waals surface area (Å²) in [4.78, 5) is 1.55. The van der Waals surface area contributed by atoms with E-state index in [-0.39, 0.29) is 24.0 Å². The zero-order valence-corrected chi connectivity index (χ0v) is 14.7. The lowest BCUT2D eigenvalue weighted by Crippen LogP contribution is -2.49. The Kier molecular flexibility index (Phi) is 6.52. The van der Waals surface area contributed by atoms with Crippen molar-refractivity contribution in [3.63, 3.8) is 0 Å². The molecule has 4 unspecified atom stereocenters. The van der Waals surface area contributed by atoms with Crippen LogP contribution in [0.3, 0.4) is 0 Å². The van der Waals surface area contributed by atoms with E-state index < -0.39 is 31.0 Å². The first kappa shape index (κ1) is 20.8. The van der Waals surface area contributed by atoms with E-state index >= 15 is 0 Å². The lowest BCUT2D eigenvalue weighted by molar-refractivity contribution is -0.112. The molecule has 2 aromatic rings. The van der Waals surface area contributed by atoms with Crippen molar-refractivity contribution in [2.75, 3.05) is 30.8 Å². The van der Waals surface area contributed by atoms with Gasteiger partial charge >= 0.3 is 0 Å². The van der Waals surface area contributed by atoms with E-state index in [9.17, 15) is 30.6 Å². The smallest absolute Gasteiger partial charge is 0.198 e. The summed E-state index contributed by atoms with van der Waals surface area (Å²) in [5.74, 6) is -0.425. The van der Waals surface area contributed by atoms with Gasteiger partial charge in [0.25, 0.3) is 0 Å². The molecule has 10 heteroatoms. The van der Waals surface area contributed by atoms with Gasteiger partial charge in [-0.3, -0.25) is 0 Å². The zero-order chi connectivity index (χ0) is 20.3. The van der Waals surface area contributed by atoms with Gasteiger partial charge in [0.1, 0.15) is 18.3 Å². The summed E-state index contributed by atoms with van der Waals surface area (Å²) in [5.41, 5.74) is 7.06. The number of anilines is 2. The third-order valence-corrected chi connectivity index (χ3v) is 4.32. The van der Waals surface area contributed by atoms with Crippen molar-refractivity contribution in [1.29, 1.82) is 0 Å². The average Bonchev–Trinajstić information content (AvgIpc) is 2.98. The number of aliphatic hydroxyl groups excluding tert-OH is 5. The summed E-state index contributed by atoms with van der Waals surface area (Å²) >= 11 is 0. The van der Waals surface area contributed by atoms with Crippen molar-refractivity contribution in [1.82, 2.24) is 4.57 Å². The number of aromatic nitrogens is 1. The van der Waals surface area contributed by atoms with Crippen LogP contribution >= 0.6 is 0 Å². The predicted octanol–water partition coefficient (Wildman–Crippen LogP) is -1.66. The molecule has 2 rings (SSSR count). The van der Waals surface area contributed by atoms with Gasteiger partial charge in [-0.25, -0.2) is 4.57 Å². The maximum Gasteiger partial charge on any atom is 0.198 e. The van der Waals surface area contributed by atoms with Gasteiger partial charge in [0.2, 0.25) is 0 Å². The normalized spacial score (nSPS) is 15.9. The minimum atomic E-state index is -1.71. The SMILES string of the molecule is CN(CC(O)C(O)C(O)C(O)CO)c1ccc(N)c(-n2c(O)ccc2O)c1. The van der Waals surface area contributed by atoms with Crippen LogP contribution < -0.4 is 10.6 Å². The van der Waals surface area contributed by atoms with Crippen LogP contribution in [0.1, 0.15) is 0 Å². The van der Waals surface area contributed by atoms with Crippen molar-refractivity contribution < 1.29 is 35.7 Å². The average molecular weight is 383 g/mol. The van der Waals surface area contributed by atoms with Crippen LogP contribution in [0.15, 0.2) is 30.3 Å². The predicted molar refractivity (Wildman–Crippen MR) is 97.9 cm³/mol. The standard InChI is InChI=1S/C17H25N3O7/c1-19(7-12(22)16(26)17(27)13(23)8-21)9-2-3-10(18)11(6-9)20-14(24)4-5-15(20)25/h2-6,12-13,16-17,21-27H,7-8,18H2,1H3. The molecule has 0 saturated carbocycles. The lowest BCUT2D eigenvalue weighted by Gasteiger charge is -2.29. The molecule has 0 spiro atoms. The molecule has 10 nitrogen and oxygen atoms in total. The number of aliphatic hydroxyl groups is 5. The summed E-state index contributed by atoms with van der Waals surface area (Å²) in [6, 6.07) is 7.35. The zero-order valence-electron chi connectivity index (χ0n) is 14.7. The van der Waals surface area contributed by atoms with Gasteiger partial charge in [-0.05, 0) is 18.2 Å². The van der Waals surface area contributed by atoms with Crippen molar-refractivity contribution in [3.8, 4) is 17.4 Å². The molecule has 1 aromatic carbocycles. The Hall–Kier alpha value is -2.50. The first-order valence-corrected chi connectivity index (χ1v) is 8.21. The number of rotatable bonds is 8. The maximum atomic E-state index is 10.1. The van der Waals surface area contributed by atoms with Crippen LogP contribution in [0.4, 0.5) is 11.4 Å². The molecular weight excluding hydrogens is 358 g/mol. The highest BCUT2D eigenvalue weighted by Gasteiger charge is 2.30.